The fraction of sp³-hybridized carbons (Fsp3) is 0.188. The lowest BCUT2D eigenvalue weighted by Crippen LogP contribution is -1.77. The predicted molar refractivity (Wildman–Crippen MR) is 72.5 cm³/mol. The van der Waals surface area contributed by atoms with Gasteiger partial charge in [-0.25, -0.2) is 4.98 Å². The Hall–Kier alpha value is -2.09. The van der Waals surface area contributed by atoms with E-state index in [1.807, 2.05) is 24.3 Å². The van der Waals surface area contributed by atoms with Crippen LogP contribution in [0.5, 0.6) is 0 Å². The van der Waals surface area contributed by atoms with Crippen LogP contribution >= 0.6 is 0 Å². The Labute approximate surface area is 106 Å². The molecule has 0 saturated heterocycles. The van der Waals surface area contributed by atoms with E-state index in [-0.39, 0.29) is 0 Å². The average molecular weight is 237 g/mol. The topological polar surface area (TPSA) is 26.0 Å². The molecular weight excluding hydrogens is 222 g/mol. The maximum Gasteiger partial charge on any atom is 0.181 e. The van der Waals surface area contributed by atoms with Gasteiger partial charge in [-0.1, -0.05) is 36.4 Å². The molecule has 0 unspecified atom stereocenters. The normalized spacial score (nSPS) is 12.9. The van der Waals surface area contributed by atoms with Gasteiger partial charge in [0.2, 0.25) is 0 Å². The molecule has 2 nitrogen and oxygen atoms in total. The number of para-hydroxylation sites is 2. The van der Waals surface area contributed by atoms with Crippen LogP contribution in [0.4, 0.5) is 0 Å². The molecule has 1 aliphatic rings. The van der Waals surface area contributed by atoms with E-state index in [0.29, 0.717) is 0 Å². The minimum Gasteiger partial charge on any atom is -0.443 e. The summed E-state index contributed by atoms with van der Waals surface area (Å²) in [6.45, 7) is 0. The zero-order valence-electron chi connectivity index (χ0n) is 10.2. The summed E-state index contributed by atoms with van der Waals surface area (Å²) in [7, 11) is 0. The van der Waals surface area contributed by atoms with Gasteiger partial charge >= 0.3 is 0 Å². The van der Waals surface area contributed by atoms with Crippen molar-refractivity contribution in [2.24, 2.45) is 0 Å². The van der Waals surface area contributed by atoms with Crippen LogP contribution in [-0.2, 0) is 12.8 Å². The van der Waals surface area contributed by atoms with E-state index in [4.69, 9.17) is 4.42 Å². The average Bonchev–Trinajstić information content (AvgIpc) is 3.08. The Morgan fingerprint density at radius 2 is 1.50 bits per heavy atom. The Balaban J connectivity index is 0.000000111. The number of aryl methyl sites for hydroxylation is 2. The fourth-order valence-corrected chi connectivity index (χ4v) is 2.32. The molecule has 1 aliphatic carbocycles. The highest BCUT2D eigenvalue weighted by molar-refractivity contribution is 5.71. The quantitative estimate of drug-likeness (QED) is 0.590. The van der Waals surface area contributed by atoms with Gasteiger partial charge in [-0.05, 0) is 42.5 Å². The Morgan fingerprint density at radius 1 is 0.833 bits per heavy atom. The molecule has 0 atom stereocenters. The standard InChI is InChI=1S/C9H10.C7H5NO/c1-2-5-9-7-3-6-8(9)4-1;1-2-4-7-6(3-1)8-5-9-7/h1-2,4-5H,3,6-7H2;1-5H. The first-order chi connectivity index (χ1) is 8.93. The van der Waals surface area contributed by atoms with Crippen LogP contribution in [0.3, 0.4) is 0 Å². The van der Waals surface area contributed by atoms with Crippen molar-refractivity contribution >= 4 is 11.1 Å². The highest BCUT2D eigenvalue weighted by Crippen LogP contribution is 2.20. The van der Waals surface area contributed by atoms with E-state index in [1.54, 1.807) is 11.1 Å². The van der Waals surface area contributed by atoms with E-state index < -0.39 is 0 Å². The van der Waals surface area contributed by atoms with Crippen LogP contribution in [0.1, 0.15) is 17.5 Å². The molecule has 0 amide bonds. The van der Waals surface area contributed by atoms with Crippen LogP contribution in [0.25, 0.3) is 11.1 Å². The van der Waals surface area contributed by atoms with E-state index in [2.05, 4.69) is 29.2 Å². The molecule has 18 heavy (non-hydrogen) atoms. The summed E-state index contributed by atoms with van der Waals surface area (Å²) in [5.41, 5.74) is 4.89. The van der Waals surface area contributed by atoms with Crippen LogP contribution in [0.15, 0.2) is 59.3 Å². The van der Waals surface area contributed by atoms with Crippen LogP contribution < -0.4 is 0 Å². The molecule has 0 saturated carbocycles. The maximum atomic E-state index is 5.01. The Kier molecular flexibility index (Phi) is 3.09. The second-order valence-electron chi connectivity index (χ2n) is 4.44. The van der Waals surface area contributed by atoms with Gasteiger partial charge in [-0.3, -0.25) is 0 Å². The summed E-state index contributed by atoms with van der Waals surface area (Å²) in [5.74, 6) is 0. The number of fused-ring (bicyclic) bond motifs is 2. The molecule has 90 valence electrons. The smallest absolute Gasteiger partial charge is 0.181 e. The lowest BCUT2D eigenvalue weighted by Gasteiger charge is -1.93. The summed E-state index contributed by atoms with van der Waals surface area (Å²) in [5, 5.41) is 0. The maximum absolute atomic E-state index is 5.01. The lowest BCUT2D eigenvalue weighted by molar-refractivity contribution is 0.602. The first-order valence-corrected chi connectivity index (χ1v) is 6.28. The number of hydrogen-bond acceptors (Lipinski definition) is 2. The molecule has 0 radical (unpaired) electrons. The van der Waals surface area contributed by atoms with Crippen LogP contribution in [0.2, 0.25) is 0 Å². The third-order valence-electron chi connectivity index (χ3n) is 3.25. The van der Waals surface area contributed by atoms with E-state index in [0.717, 1.165) is 11.1 Å². The number of oxazole rings is 1. The van der Waals surface area contributed by atoms with E-state index >= 15 is 0 Å². The van der Waals surface area contributed by atoms with Crippen molar-refractivity contribution in [3.8, 4) is 0 Å². The zero-order valence-corrected chi connectivity index (χ0v) is 10.2. The lowest BCUT2D eigenvalue weighted by atomic mass is 10.1. The van der Waals surface area contributed by atoms with Gasteiger partial charge in [-0.2, -0.15) is 0 Å². The van der Waals surface area contributed by atoms with E-state index in [9.17, 15) is 0 Å². The monoisotopic (exact) mass is 237 g/mol. The third kappa shape index (κ3) is 2.28. The van der Waals surface area contributed by atoms with Gasteiger partial charge in [0.05, 0.1) is 0 Å². The second-order valence-corrected chi connectivity index (χ2v) is 4.44. The largest absolute Gasteiger partial charge is 0.443 e. The summed E-state index contributed by atoms with van der Waals surface area (Å²) in [4.78, 5) is 3.95. The van der Waals surface area contributed by atoms with Crippen molar-refractivity contribution in [3.05, 3.63) is 66.1 Å². The minimum atomic E-state index is 0.845. The van der Waals surface area contributed by atoms with Crippen LogP contribution in [-0.4, -0.2) is 4.98 Å². The van der Waals surface area contributed by atoms with Gasteiger partial charge in [0.25, 0.3) is 0 Å². The predicted octanol–water partition coefficient (Wildman–Crippen LogP) is 4.00. The number of rotatable bonds is 0. The second kappa shape index (κ2) is 5.05. The zero-order chi connectivity index (χ0) is 12.2. The van der Waals surface area contributed by atoms with Gasteiger partial charge in [0.15, 0.2) is 12.0 Å². The Bertz CT molecular complexity index is 589. The number of hydrogen-bond donors (Lipinski definition) is 0. The molecule has 0 spiro atoms. The van der Waals surface area contributed by atoms with Crippen molar-refractivity contribution in [3.63, 3.8) is 0 Å². The van der Waals surface area contributed by atoms with Crippen molar-refractivity contribution in [2.45, 2.75) is 19.3 Å². The summed E-state index contributed by atoms with van der Waals surface area (Å²) in [6.07, 6.45) is 5.41. The molecule has 4 rings (SSSR count). The molecule has 1 heterocycles. The first kappa shape index (κ1) is 11.0. The third-order valence-corrected chi connectivity index (χ3v) is 3.25. The summed E-state index contributed by atoms with van der Waals surface area (Å²) < 4.78 is 5.01. The van der Waals surface area contributed by atoms with Gasteiger partial charge < -0.3 is 4.42 Å². The van der Waals surface area contributed by atoms with E-state index in [1.165, 1.54) is 25.7 Å². The Morgan fingerprint density at radius 3 is 2.22 bits per heavy atom. The molecular formula is C16H15NO. The van der Waals surface area contributed by atoms with Crippen molar-refractivity contribution in [1.82, 2.24) is 4.98 Å². The first-order valence-electron chi connectivity index (χ1n) is 6.28. The van der Waals surface area contributed by atoms with Gasteiger partial charge in [0.1, 0.15) is 5.52 Å². The molecule has 2 heteroatoms. The molecule has 0 aliphatic heterocycles. The number of benzene rings is 2. The number of aromatic nitrogens is 1. The fourth-order valence-electron chi connectivity index (χ4n) is 2.32. The molecule has 3 aromatic rings. The molecule has 0 bridgehead atoms. The molecule has 2 aromatic carbocycles. The summed E-state index contributed by atoms with van der Waals surface area (Å²) in [6, 6.07) is 16.4. The SMILES string of the molecule is c1ccc2c(c1)CCC2.c1ccc2ocnc2c1. The van der Waals surface area contributed by atoms with Crippen molar-refractivity contribution in [2.75, 3.05) is 0 Å². The molecule has 1 aromatic heterocycles. The number of nitrogens with zero attached hydrogens (tertiary/aromatic N) is 1. The highest BCUT2D eigenvalue weighted by Gasteiger charge is 2.07. The highest BCUT2D eigenvalue weighted by atomic mass is 16.3. The van der Waals surface area contributed by atoms with Gasteiger partial charge in [-0.15, -0.1) is 0 Å². The van der Waals surface area contributed by atoms with Gasteiger partial charge in [0, 0.05) is 0 Å². The summed E-state index contributed by atoms with van der Waals surface area (Å²) >= 11 is 0. The molecule has 0 N–H and O–H groups in total. The molecule has 0 fully saturated rings. The van der Waals surface area contributed by atoms with Crippen molar-refractivity contribution < 1.29 is 4.42 Å². The minimum absolute atomic E-state index is 0.845. The van der Waals surface area contributed by atoms with Crippen molar-refractivity contribution in [1.29, 1.82) is 0 Å². The van der Waals surface area contributed by atoms with Crippen LogP contribution in [0, 0.1) is 0 Å².